The monoisotopic (exact) mass is 356 g/mol. The lowest BCUT2D eigenvalue weighted by molar-refractivity contribution is -0.155. The zero-order valence-corrected chi connectivity index (χ0v) is 15.7. The molecule has 1 unspecified atom stereocenters. The van der Waals surface area contributed by atoms with E-state index in [0.717, 1.165) is 32.1 Å². The normalized spacial score (nSPS) is 47.1. The van der Waals surface area contributed by atoms with E-state index in [0.29, 0.717) is 30.6 Å². The van der Waals surface area contributed by atoms with Crippen molar-refractivity contribution in [3.05, 3.63) is 11.6 Å². The summed E-state index contributed by atoms with van der Waals surface area (Å²) >= 11 is 0. The highest BCUT2D eigenvalue weighted by atomic mass is 16.5. The van der Waals surface area contributed by atoms with Gasteiger partial charge in [0.15, 0.2) is 5.78 Å². The predicted molar refractivity (Wildman–Crippen MR) is 96.8 cm³/mol. The zero-order chi connectivity index (χ0) is 18.7. The highest BCUT2D eigenvalue weighted by Gasteiger charge is 2.62. The Morgan fingerprint density at radius 3 is 2.77 bits per heavy atom. The van der Waals surface area contributed by atoms with Gasteiger partial charge in [-0.3, -0.25) is 9.59 Å². The van der Waals surface area contributed by atoms with Crippen LogP contribution in [0.4, 0.5) is 0 Å². The zero-order valence-electron chi connectivity index (χ0n) is 15.7. The fraction of sp³-hybridized carbons (Fsp3) is 0.727. The Morgan fingerprint density at radius 1 is 1.31 bits per heavy atom. The maximum Gasteiger partial charge on any atom is 0.302 e. The largest absolute Gasteiger partial charge is 0.461 e. The van der Waals surface area contributed by atoms with Gasteiger partial charge >= 0.3 is 5.97 Å². The first-order valence-corrected chi connectivity index (χ1v) is 9.90. The number of esters is 1. The molecule has 4 aliphatic carbocycles. The Labute approximate surface area is 155 Å². The number of hydrogen-bond acceptors (Lipinski definition) is 4. The third kappa shape index (κ3) is 2.40. The Bertz CT molecular complexity index is 716. The smallest absolute Gasteiger partial charge is 0.302 e. The van der Waals surface area contributed by atoms with Crippen molar-refractivity contribution in [2.45, 2.75) is 70.5 Å². The van der Waals surface area contributed by atoms with Gasteiger partial charge < -0.3 is 9.84 Å². The van der Waals surface area contributed by atoms with Gasteiger partial charge in [0.25, 0.3) is 0 Å². The first-order valence-electron chi connectivity index (χ1n) is 9.90. The van der Waals surface area contributed by atoms with Crippen molar-refractivity contribution < 1.29 is 19.4 Å². The number of fused-ring (bicyclic) bond motifs is 5. The number of aliphatic hydroxyl groups is 1. The van der Waals surface area contributed by atoms with Crippen LogP contribution in [0.25, 0.3) is 0 Å². The van der Waals surface area contributed by atoms with Gasteiger partial charge in [0.2, 0.25) is 0 Å². The van der Waals surface area contributed by atoms with Crippen molar-refractivity contribution in [2.75, 3.05) is 0 Å². The fourth-order valence-corrected chi connectivity index (χ4v) is 6.81. The molecule has 0 aliphatic heterocycles. The van der Waals surface area contributed by atoms with Gasteiger partial charge in [0.1, 0.15) is 11.7 Å². The molecule has 4 nitrogen and oxygen atoms in total. The Hall–Kier alpha value is -1.60. The van der Waals surface area contributed by atoms with Crippen LogP contribution in [0.15, 0.2) is 11.6 Å². The van der Waals surface area contributed by atoms with Crippen LogP contribution in [0.1, 0.15) is 58.8 Å². The fourth-order valence-electron chi connectivity index (χ4n) is 6.81. The van der Waals surface area contributed by atoms with Gasteiger partial charge in [-0.25, -0.2) is 0 Å². The second-order valence-electron chi connectivity index (χ2n) is 9.04. The number of carbonyl (C=O) groups is 2. The Balaban J connectivity index is 1.67. The molecule has 4 heteroatoms. The summed E-state index contributed by atoms with van der Waals surface area (Å²) in [4.78, 5) is 23.7. The Morgan fingerprint density at radius 2 is 2.08 bits per heavy atom. The van der Waals surface area contributed by atoms with E-state index in [-0.39, 0.29) is 29.2 Å². The molecule has 0 aromatic rings. The van der Waals surface area contributed by atoms with Crippen LogP contribution in [-0.4, -0.2) is 28.6 Å². The van der Waals surface area contributed by atoms with Crippen molar-refractivity contribution in [3.63, 3.8) is 0 Å². The molecule has 0 spiro atoms. The number of terminal acetylenes is 1. The minimum absolute atomic E-state index is 0.0733. The van der Waals surface area contributed by atoms with Crippen molar-refractivity contribution in [2.24, 2.45) is 29.1 Å². The third-order valence-electron chi connectivity index (χ3n) is 8.01. The molecule has 0 aromatic heterocycles. The maximum atomic E-state index is 12.1. The van der Waals surface area contributed by atoms with Crippen molar-refractivity contribution in [1.29, 1.82) is 0 Å². The average molecular weight is 356 g/mol. The SMILES string of the molecule is C#C[C@]1(O)CC[C@H]2[C@@H]3CCC4=CC(=O)CC(OC(C)=O)[C@@H]4[C@H]3CC[C@@]21C. The molecule has 0 amide bonds. The number of ketones is 1. The van der Waals surface area contributed by atoms with E-state index in [2.05, 4.69) is 12.8 Å². The molecule has 0 aromatic carbocycles. The van der Waals surface area contributed by atoms with Crippen molar-refractivity contribution >= 4 is 11.8 Å². The summed E-state index contributed by atoms with van der Waals surface area (Å²) < 4.78 is 5.60. The van der Waals surface area contributed by atoms with Crippen LogP contribution in [0.2, 0.25) is 0 Å². The third-order valence-corrected chi connectivity index (χ3v) is 8.01. The van der Waals surface area contributed by atoms with Crippen LogP contribution >= 0.6 is 0 Å². The Kier molecular flexibility index (Phi) is 4.08. The highest BCUT2D eigenvalue weighted by Crippen LogP contribution is 2.64. The molecule has 4 aliphatic rings. The van der Waals surface area contributed by atoms with Gasteiger partial charge in [-0.15, -0.1) is 6.42 Å². The predicted octanol–water partition coefficient (Wildman–Crippen LogP) is 3.03. The van der Waals surface area contributed by atoms with E-state index in [9.17, 15) is 14.7 Å². The standard InChI is InChI=1S/C22H28O4/c1-4-22(25)10-8-18-16-6-5-14-11-15(24)12-19(26-13(2)23)20(14)17(16)7-9-21(18,22)3/h1,11,16-20,25H,5-10,12H2,2-3H3/t16-,17+,18+,19?,20+,21+,22+/m1/s1. The number of hydrogen-bond donors (Lipinski definition) is 1. The first-order chi connectivity index (χ1) is 12.3. The average Bonchev–Trinajstić information content (AvgIpc) is 2.86. The minimum atomic E-state index is -1.00. The molecule has 26 heavy (non-hydrogen) atoms. The molecule has 0 bridgehead atoms. The maximum absolute atomic E-state index is 12.1. The van der Waals surface area contributed by atoms with Crippen LogP contribution < -0.4 is 0 Å². The van der Waals surface area contributed by atoms with E-state index in [4.69, 9.17) is 11.2 Å². The lowest BCUT2D eigenvalue weighted by Crippen LogP contribution is -2.54. The van der Waals surface area contributed by atoms with Crippen LogP contribution in [-0.2, 0) is 14.3 Å². The molecule has 0 heterocycles. The van der Waals surface area contributed by atoms with Gasteiger partial charge in [0.05, 0.1) is 0 Å². The molecule has 7 atom stereocenters. The van der Waals surface area contributed by atoms with E-state index in [1.54, 1.807) is 6.08 Å². The van der Waals surface area contributed by atoms with E-state index < -0.39 is 5.60 Å². The second-order valence-corrected chi connectivity index (χ2v) is 9.04. The summed E-state index contributed by atoms with van der Waals surface area (Å²) in [6.45, 7) is 3.59. The summed E-state index contributed by atoms with van der Waals surface area (Å²) in [7, 11) is 0. The number of carbonyl (C=O) groups excluding carboxylic acids is 2. The van der Waals surface area contributed by atoms with E-state index in [1.165, 1.54) is 12.5 Å². The topological polar surface area (TPSA) is 63.6 Å². The minimum Gasteiger partial charge on any atom is -0.461 e. The molecule has 0 saturated heterocycles. The lowest BCUT2D eigenvalue weighted by atomic mass is 9.50. The summed E-state index contributed by atoms with van der Waals surface area (Å²) in [6.07, 6.45) is 12.9. The second kappa shape index (κ2) is 5.96. The quantitative estimate of drug-likeness (QED) is 0.579. The highest BCUT2D eigenvalue weighted by molar-refractivity contribution is 5.92. The summed E-state index contributed by atoms with van der Waals surface area (Å²) in [5.74, 6) is 3.90. The summed E-state index contributed by atoms with van der Waals surface area (Å²) in [5.41, 5.74) is -0.0650. The molecule has 0 radical (unpaired) electrons. The van der Waals surface area contributed by atoms with Gasteiger partial charge in [0, 0.05) is 24.7 Å². The number of rotatable bonds is 1. The van der Waals surface area contributed by atoms with Crippen LogP contribution in [0.5, 0.6) is 0 Å². The lowest BCUT2D eigenvalue weighted by Gasteiger charge is -2.55. The number of ether oxygens (including phenoxy) is 1. The summed E-state index contributed by atoms with van der Waals surface area (Å²) in [5, 5.41) is 11.0. The molecular formula is C22H28O4. The molecule has 1 N–H and O–H groups in total. The molecule has 3 saturated carbocycles. The van der Waals surface area contributed by atoms with E-state index >= 15 is 0 Å². The molecule has 3 fully saturated rings. The summed E-state index contributed by atoms with van der Waals surface area (Å²) in [6, 6.07) is 0. The van der Waals surface area contributed by atoms with Gasteiger partial charge in [-0.05, 0) is 62.4 Å². The van der Waals surface area contributed by atoms with Crippen LogP contribution in [0, 0.1) is 41.4 Å². The van der Waals surface area contributed by atoms with Crippen LogP contribution in [0.3, 0.4) is 0 Å². The van der Waals surface area contributed by atoms with Crippen molar-refractivity contribution in [1.82, 2.24) is 0 Å². The van der Waals surface area contributed by atoms with E-state index in [1.807, 2.05) is 0 Å². The molecule has 140 valence electrons. The van der Waals surface area contributed by atoms with Gasteiger partial charge in [-0.2, -0.15) is 0 Å². The van der Waals surface area contributed by atoms with Crippen molar-refractivity contribution in [3.8, 4) is 12.3 Å². The van der Waals surface area contributed by atoms with Gasteiger partial charge in [-0.1, -0.05) is 18.4 Å². The first kappa shape index (κ1) is 17.8. The molecular weight excluding hydrogens is 328 g/mol. The molecule has 4 rings (SSSR count).